The minimum Gasteiger partial charge on any atom is -0.294 e. The van der Waals surface area contributed by atoms with Crippen LogP contribution in [0, 0.1) is 11.7 Å². The number of hydrogen-bond acceptors (Lipinski definition) is 3. The van der Waals surface area contributed by atoms with Crippen LogP contribution in [0.1, 0.15) is 13.8 Å². The Labute approximate surface area is 121 Å². The van der Waals surface area contributed by atoms with Crippen LogP contribution in [-0.4, -0.2) is 17.6 Å². The molecule has 2 aromatic rings. The van der Waals surface area contributed by atoms with Crippen LogP contribution < -0.4 is 10.2 Å². The van der Waals surface area contributed by atoms with Crippen LogP contribution in [-0.2, 0) is 0 Å². The number of carbonyl (C=O) groups excluding carboxylic acids is 1. The van der Waals surface area contributed by atoms with E-state index in [1.165, 1.54) is 23.5 Å². The van der Waals surface area contributed by atoms with Gasteiger partial charge < -0.3 is 0 Å². The molecule has 0 aliphatic rings. The second-order valence-electron chi connectivity index (χ2n) is 4.75. The maximum absolute atomic E-state index is 13.0. The highest BCUT2D eigenvalue weighted by Crippen LogP contribution is 2.19. The molecule has 1 heterocycles. The molecular weight excluding hydrogens is 277 g/mol. The average molecular weight is 293 g/mol. The molecule has 6 heteroatoms. The Morgan fingerprint density at radius 3 is 2.65 bits per heavy atom. The number of nitrogens with zero attached hydrogens (tertiary/aromatic N) is 2. The first-order valence-electron chi connectivity index (χ1n) is 6.30. The molecule has 2 amide bonds. The zero-order chi connectivity index (χ0) is 14.5. The van der Waals surface area contributed by atoms with Crippen LogP contribution in [0.5, 0.6) is 0 Å². The van der Waals surface area contributed by atoms with Crippen molar-refractivity contribution in [2.75, 3.05) is 16.8 Å². The topological polar surface area (TPSA) is 45.2 Å². The third-order valence-electron chi connectivity index (χ3n) is 2.58. The molecule has 0 saturated carbocycles. The zero-order valence-corrected chi connectivity index (χ0v) is 12.2. The molecule has 0 fully saturated rings. The van der Waals surface area contributed by atoms with Gasteiger partial charge in [-0.1, -0.05) is 13.8 Å². The lowest BCUT2D eigenvalue weighted by Gasteiger charge is -2.24. The molecule has 4 nitrogen and oxygen atoms in total. The maximum atomic E-state index is 13.0. The summed E-state index contributed by atoms with van der Waals surface area (Å²) in [4.78, 5) is 17.9. The van der Waals surface area contributed by atoms with Gasteiger partial charge in [0.05, 0.1) is 0 Å². The Bertz CT molecular complexity index is 554. The van der Waals surface area contributed by atoms with Crippen molar-refractivity contribution in [2.24, 2.45) is 5.92 Å². The van der Waals surface area contributed by atoms with Crippen molar-refractivity contribution in [1.29, 1.82) is 0 Å². The number of carbonyl (C=O) groups is 1. The largest absolute Gasteiger partial charge is 0.328 e. The maximum Gasteiger partial charge on any atom is 0.328 e. The molecule has 0 spiro atoms. The van der Waals surface area contributed by atoms with E-state index in [4.69, 9.17) is 0 Å². The van der Waals surface area contributed by atoms with Gasteiger partial charge in [-0.2, -0.15) is 0 Å². The van der Waals surface area contributed by atoms with E-state index in [2.05, 4.69) is 10.3 Å². The van der Waals surface area contributed by atoms with Crippen LogP contribution in [0.15, 0.2) is 35.8 Å². The van der Waals surface area contributed by atoms with Crippen LogP contribution in [0.2, 0.25) is 0 Å². The standard InChI is InChI=1S/C14H16FN3OS/c1-10(2)9-18(12-5-3-11(15)4-6-12)14(19)17-13-16-7-8-20-13/h3-8,10H,9H2,1-2H3,(H,16,17,19). The van der Waals surface area contributed by atoms with Gasteiger partial charge in [-0.25, -0.2) is 14.2 Å². The van der Waals surface area contributed by atoms with E-state index in [1.54, 1.807) is 28.6 Å². The highest BCUT2D eigenvalue weighted by molar-refractivity contribution is 7.13. The summed E-state index contributed by atoms with van der Waals surface area (Å²) in [6.07, 6.45) is 1.63. The third-order valence-corrected chi connectivity index (χ3v) is 3.27. The number of aromatic nitrogens is 1. The second-order valence-corrected chi connectivity index (χ2v) is 5.64. The Hall–Kier alpha value is -1.95. The van der Waals surface area contributed by atoms with Gasteiger partial charge in [-0.05, 0) is 30.2 Å². The Morgan fingerprint density at radius 1 is 1.40 bits per heavy atom. The summed E-state index contributed by atoms with van der Waals surface area (Å²) in [7, 11) is 0. The number of thiazole rings is 1. The molecular formula is C14H16FN3OS. The number of urea groups is 1. The molecule has 0 bridgehead atoms. The predicted molar refractivity (Wildman–Crippen MR) is 79.7 cm³/mol. The molecule has 1 N–H and O–H groups in total. The quantitative estimate of drug-likeness (QED) is 0.926. The lowest BCUT2D eigenvalue weighted by molar-refractivity contribution is 0.256. The molecule has 106 valence electrons. The summed E-state index contributed by atoms with van der Waals surface area (Å²) in [6, 6.07) is 5.62. The first-order chi connectivity index (χ1) is 9.56. The molecule has 2 rings (SSSR count). The molecule has 0 aliphatic heterocycles. The van der Waals surface area contributed by atoms with Crippen molar-refractivity contribution in [2.45, 2.75) is 13.8 Å². The number of hydrogen-bond donors (Lipinski definition) is 1. The molecule has 1 aromatic heterocycles. The molecule has 0 unspecified atom stereocenters. The van der Waals surface area contributed by atoms with Crippen molar-refractivity contribution >= 4 is 28.2 Å². The fourth-order valence-corrected chi connectivity index (χ4v) is 2.25. The van der Waals surface area contributed by atoms with Crippen molar-refractivity contribution in [3.05, 3.63) is 41.7 Å². The average Bonchev–Trinajstić information content (AvgIpc) is 2.89. The van der Waals surface area contributed by atoms with Crippen LogP contribution in [0.25, 0.3) is 0 Å². The Kier molecular flexibility index (Phi) is 4.68. The first-order valence-corrected chi connectivity index (χ1v) is 7.18. The summed E-state index contributed by atoms with van der Waals surface area (Å²) in [6.45, 7) is 4.59. The molecule has 0 aliphatic carbocycles. The summed E-state index contributed by atoms with van der Waals surface area (Å²) >= 11 is 1.36. The summed E-state index contributed by atoms with van der Waals surface area (Å²) < 4.78 is 13.0. The number of nitrogens with one attached hydrogen (secondary N) is 1. The molecule has 1 aromatic carbocycles. The predicted octanol–water partition coefficient (Wildman–Crippen LogP) is 3.98. The van der Waals surface area contributed by atoms with Gasteiger partial charge in [-0.15, -0.1) is 11.3 Å². The van der Waals surface area contributed by atoms with Gasteiger partial charge in [-0.3, -0.25) is 10.2 Å². The van der Waals surface area contributed by atoms with Crippen molar-refractivity contribution < 1.29 is 9.18 Å². The Morgan fingerprint density at radius 2 is 2.10 bits per heavy atom. The van der Waals surface area contributed by atoms with Gasteiger partial charge in [0.25, 0.3) is 0 Å². The smallest absolute Gasteiger partial charge is 0.294 e. The molecule has 20 heavy (non-hydrogen) atoms. The molecule has 0 atom stereocenters. The van der Waals surface area contributed by atoms with Gasteiger partial charge in [0, 0.05) is 23.8 Å². The highest BCUT2D eigenvalue weighted by Gasteiger charge is 2.18. The number of amides is 2. The van der Waals surface area contributed by atoms with Gasteiger partial charge in [0.2, 0.25) is 0 Å². The zero-order valence-electron chi connectivity index (χ0n) is 11.3. The van der Waals surface area contributed by atoms with Crippen molar-refractivity contribution in [3.8, 4) is 0 Å². The normalized spacial score (nSPS) is 10.6. The van der Waals surface area contributed by atoms with Crippen molar-refractivity contribution in [3.63, 3.8) is 0 Å². The lowest BCUT2D eigenvalue weighted by atomic mass is 10.2. The Balaban J connectivity index is 2.18. The van der Waals surface area contributed by atoms with Gasteiger partial charge >= 0.3 is 6.03 Å². The summed E-state index contributed by atoms with van der Waals surface area (Å²) in [5.41, 5.74) is 0.661. The van der Waals surface area contributed by atoms with Crippen molar-refractivity contribution in [1.82, 2.24) is 4.98 Å². The van der Waals surface area contributed by atoms with Crippen LogP contribution >= 0.6 is 11.3 Å². The summed E-state index contributed by atoms with van der Waals surface area (Å²) in [5.74, 6) is -0.0272. The van der Waals surface area contributed by atoms with Gasteiger partial charge in [0.15, 0.2) is 5.13 Å². The van der Waals surface area contributed by atoms with E-state index in [-0.39, 0.29) is 11.8 Å². The SMILES string of the molecule is CC(C)CN(C(=O)Nc1nccs1)c1ccc(F)cc1. The highest BCUT2D eigenvalue weighted by atomic mass is 32.1. The lowest BCUT2D eigenvalue weighted by Crippen LogP contribution is -2.37. The van der Waals surface area contributed by atoms with E-state index < -0.39 is 0 Å². The monoisotopic (exact) mass is 293 g/mol. The number of benzene rings is 1. The minimum absolute atomic E-state index is 0.264. The second kappa shape index (κ2) is 6.47. The van der Waals surface area contributed by atoms with E-state index in [0.717, 1.165) is 0 Å². The van der Waals surface area contributed by atoms with E-state index in [0.29, 0.717) is 23.3 Å². The number of anilines is 2. The van der Waals surface area contributed by atoms with E-state index in [1.807, 2.05) is 13.8 Å². The fourth-order valence-electron chi connectivity index (χ4n) is 1.74. The van der Waals surface area contributed by atoms with Crippen LogP contribution in [0.4, 0.5) is 20.0 Å². The third kappa shape index (κ3) is 3.77. The van der Waals surface area contributed by atoms with Gasteiger partial charge in [0.1, 0.15) is 5.82 Å². The van der Waals surface area contributed by atoms with E-state index in [9.17, 15) is 9.18 Å². The molecule has 0 saturated heterocycles. The number of rotatable bonds is 4. The number of halogens is 1. The molecule has 0 radical (unpaired) electrons. The minimum atomic E-state index is -0.321. The first kappa shape index (κ1) is 14.5. The fraction of sp³-hybridized carbons (Fsp3) is 0.286. The van der Waals surface area contributed by atoms with E-state index >= 15 is 0 Å². The van der Waals surface area contributed by atoms with Crippen LogP contribution in [0.3, 0.4) is 0 Å². The summed E-state index contributed by atoms with van der Waals surface area (Å²) in [5, 5.41) is 5.08.